The molecule has 0 radical (unpaired) electrons. The molecule has 0 aromatic heterocycles. The molecule has 172 valence electrons. The van der Waals surface area contributed by atoms with Crippen LogP contribution in [-0.4, -0.2) is 65.0 Å². The first-order chi connectivity index (χ1) is 15.4. The van der Waals surface area contributed by atoms with E-state index < -0.39 is 35.5 Å². The van der Waals surface area contributed by atoms with Gasteiger partial charge in [-0.1, -0.05) is 30.3 Å². The van der Waals surface area contributed by atoms with Gasteiger partial charge in [0.15, 0.2) is 6.10 Å². The number of rotatable bonds is 6. The first-order valence-electron chi connectivity index (χ1n) is 11.1. The number of carbonyl (C=O) groups excluding carboxylic acids is 4. The van der Waals surface area contributed by atoms with Crippen LogP contribution in [0.3, 0.4) is 0 Å². The summed E-state index contributed by atoms with van der Waals surface area (Å²) in [5, 5.41) is 0. The quantitative estimate of drug-likeness (QED) is 0.665. The lowest BCUT2D eigenvalue weighted by molar-refractivity contribution is -0.156. The summed E-state index contributed by atoms with van der Waals surface area (Å²) in [6, 6.07) is 9.43. The highest BCUT2D eigenvalue weighted by atomic mass is 16.6. The second-order valence-electron chi connectivity index (χ2n) is 8.70. The number of amides is 3. The van der Waals surface area contributed by atoms with Crippen LogP contribution in [-0.2, 0) is 30.4 Å². The zero-order chi connectivity index (χ0) is 22.9. The lowest BCUT2D eigenvalue weighted by Gasteiger charge is -2.47. The number of ether oxygens (including phenoxy) is 2. The topological polar surface area (TPSA) is 119 Å². The van der Waals surface area contributed by atoms with E-state index in [0.29, 0.717) is 25.9 Å². The maximum atomic E-state index is 13.5. The van der Waals surface area contributed by atoms with Crippen LogP contribution in [0.1, 0.15) is 38.2 Å². The number of esters is 1. The second-order valence-corrected chi connectivity index (χ2v) is 8.70. The van der Waals surface area contributed by atoms with Gasteiger partial charge >= 0.3 is 12.1 Å². The fourth-order valence-electron chi connectivity index (χ4n) is 5.07. The van der Waals surface area contributed by atoms with Gasteiger partial charge in [0.25, 0.3) is 5.91 Å². The molecular formula is C23H29N3O6. The molecule has 9 nitrogen and oxygen atoms in total. The van der Waals surface area contributed by atoms with Crippen molar-refractivity contribution in [3.05, 3.63) is 35.9 Å². The van der Waals surface area contributed by atoms with Gasteiger partial charge in [0.2, 0.25) is 5.91 Å². The molecule has 0 bridgehead atoms. The minimum absolute atomic E-state index is 0.0986. The highest BCUT2D eigenvalue weighted by Crippen LogP contribution is 2.47. The smallest absolute Gasteiger partial charge is 0.405 e. The Balaban J connectivity index is 1.69. The summed E-state index contributed by atoms with van der Waals surface area (Å²) >= 11 is 0. The molecule has 3 fully saturated rings. The van der Waals surface area contributed by atoms with E-state index in [1.54, 1.807) is 11.8 Å². The average molecular weight is 444 g/mol. The van der Waals surface area contributed by atoms with Gasteiger partial charge in [-0.15, -0.1) is 0 Å². The molecule has 1 aromatic rings. The van der Waals surface area contributed by atoms with Crippen LogP contribution in [0.5, 0.6) is 0 Å². The molecule has 2 N–H and O–H groups in total. The molecule has 2 heterocycles. The molecule has 2 aliphatic heterocycles. The van der Waals surface area contributed by atoms with Gasteiger partial charge in [0.1, 0.15) is 5.92 Å². The fourth-order valence-corrected chi connectivity index (χ4v) is 5.07. The number of hydrogen-bond acceptors (Lipinski definition) is 6. The number of hydrogen-bond donors (Lipinski definition) is 1. The Morgan fingerprint density at radius 1 is 1.12 bits per heavy atom. The number of piperidine rings is 1. The van der Waals surface area contributed by atoms with Gasteiger partial charge in [-0.3, -0.25) is 14.4 Å². The van der Waals surface area contributed by atoms with Crippen molar-refractivity contribution in [3.8, 4) is 0 Å². The van der Waals surface area contributed by atoms with Crippen molar-refractivity contribution in [2.24, 2.45) is 17.6 Å². The Kier molecular flexibility index (Phi) is 6.08. The summed E-state index contributed by atoms with van der Waals surface area (Å²) in [7, 11) is 0. The van der Waals surface area contributed by atoms with Crippen molar-refractivity contribution >= 4 is 23.9 Å². The Morgan fingerprint density at radius 3 is 2.34 bits per heavy atom. The average Bonchev–Trinajstić information content (AvgIpc) is 3.60. The third-order valence-electron chi connectivity index (χ3n) is 6.76. The highest BCUT2D eigenvalue weighted by Gasteiger charge is 2.64. The summed E-state index contributed by atoms with van der Waals surface area (Å²) in [5.41, 5.74) is 5.21. The van der Waals surface area contributed by atoms with Crippen LogP contribution in [0.25, 0.3) is 0 Å². The van der Waals surface area contributed by atoms with Gasteiger partial charge in [-0.25, -0.2) is 4.79 Å². The fraction of sp³-hybridized carbons (Fsp3) is 0.565. The third kappa shape index (κ3) is 4.03. The summed E-state index contributed by atoms with van der Waals surface area (Å²) in [6.07, 6.45) is 0.160. The Morgan fingerprint density at radius 2 is 1.78 bits per heavy atom. The lowest BCUT2D eigenvalue weighted by atomic mass is 9.75. The molecule has 2 atom stereocenters. The van der Waals surface area contributed by atoms with Crippen LogP contribution in [0, 0.1) is 11.8 Å². The highest BCUT2D eigenvalue weighted by molar-refractivity contribution is 5.94. The second kappa shape index (κ2) is 8.80. The normalized spacial score (nSPS) is 24.5. The number of benzene rings is 1. The van der Waals surface area contributed by atoms with E-state index in [-0.39, 0.29) is 25.0 Å². The molecule has 3 aliphatic rings. The summed E-state index contributed by atoms with van der Waals surface area (Å²) < 4.78 is 10.5. The summed E-state index contributed by atoms with van der Waals surface area (Å²) in [6.45, 7) is 2.92. The first-order valence-corrected chi connectivity index (χ1v) is 11.1. The van der Waals surface area contributed by atoms with Gasteiger partial charge < -0.3 is 25.0 Å². The Bertz CT molecular complexity index is 892. The van der Waals surface area contributed by atoms with Crippen molar-refractivity contribution in [2.45, 2.75) is 50.8 Å². The molecule has 1 saturated carbocycles. The van der Waals surface area contributed by atoms with Crippen LogP contribution < -0.4 is 5.73 Å². The molecule has 1 spiro atoms. The summed E-state index contributed by atoms with van der Waals surface area (Å²) in [4.78, 5) is 54.2. The standard InChI is InChI=1S/C23H29N3O6/c1-2-31-21(29)17-18(32-22(24)30)20(28)26(14-15-6-4-3-5-7-15)23(17)10-12-25(13-11-23)19(27)16-8-9-16/h3-7,16-18H,2,8-14H2,1H3,(H2,24,30)/t17-,18+/m0/s1. The van der Waals surface area contributed by atoms with Crippen molar-refractivity contribution < 1.29 is 28.7 Å². The SMILES string of the molecule is CCOC(=O)[C@@H]1[C@@H](OC(N)=O)C(=O)N(Cc2ccccc2)C12CCN(C(=O)C1CC1)CC2. The van der Waals surface area contributed by atoms with E-state index in [4.69, 9.17) is 15.2 Å². The number of nitrogens with zero attached hydrogens (tertiary/aromatic N) is 2. The van der Waals surface area contributed by atoms with E-state index in [0.717, 1.165) is 18.4 Å². The number of primary amides is 1. The molecule has 0 unspecified atom stereocenters. The number of nitrogens with two attached hydrogens (primary N) is 1. The van der Waals surface area contributed by atoms with Gasteiger partial charge in [0, 0.05) is 25.6 Å². The minimum Gasteiger partial charge on any atom is -0.466 e. The van der Waals surface area contributed by atoms with Crippen molar-refractivity contribution in [1.29, 1.82) is 0 Å². The zero-order valence-corrected chi connectivity index (χ0v) is 18.2. The van der Waals surface area contributed by atoms with Crippen LogP contribution in [0.4, 0.5) is 4.79 Å². The van der Waals surface area contributed by atoms with E-state index in [1.165, 1.54) is 0 Å². The Labute approximate surface area is 186 Å². The van der Waals surface area contributed by atoms with E-state index in [1.807, 2.05) is 35.2 Å². The molecule has 2 saturated heterocycles. The molecule has 32 heavy (non-hydrogen) atoms. The Hall–Kier alpha value is -3.10. The third-order valence-corrected chi connectivity index (χ3v) is 6.76. The zero-order valence-electron chi connectivity index (χ0n) is 18.2. The van der Waals surface area contributed by atoms with Gasteiger partial charge in [-0.2, -0.15) is 0 Å². The van der Waals surface area contributed by atoms with Crippen LogP contribution >= 0.6 is 0 Å². The molecule has 9 heteroatoms. The monoisotopic (exact) mass is 443 g/mol. The van der Waals surface area contributed by atoms with E-state index in [2.05, 4.69) is 0 Å². The van der Waals surface area contributed by atoms with Crippen molar-refractivity contribution in [1.82, 2.24) is 9.80 Å². The first kappa shape index (κ1) is 22.1. The van der Waals surface area contributed by atoms with Gasteiger partial charge in [0.05, 0.1) is 12.1 Å². The van der Waals surface area contributed by atoms with Crippen molar-refractivity contribution in [2.75, 3.05) is 19.7 Å². The molecule has 4 rings (SSSR count). The largest absolute Gasteiger partial charge is 0.466 e. The predicted octanol–water partition coefficient (Wildman–Crippen LogP) is 1.44. The molecule has 1 aromatic carbocycles. The maximum Gasteiger partial charge on any atom is 0.405 e. The summed E-state index contributed by atoms with van der Waals surface area (Å²) in [5.74, 6) is -1.83. The number of likely N-dealkylation sites (tertiary alicyclic amines) is 2. The van der Waals surface area contributed by atoms with E-state index >= 15 is 0 Å². The maximum absolute atomic E-state index is 13.5. The molecule has 1 aliphatic carbocycles. The number of carbonyl (C=O) groups is 4. The van der Waals surface area contributed by atoms with Crippen LogP contribution in [0.2, 0.25) is 0 Å². The van der Waals surface area contributed by atoms with E-state index in [9.17, 15) is 19.2 Å². The van der Waals surface area contributed by atoms with Crippen LogP contribution in [0.15, 0.2) is 30.3 Å². The lowest BCUT2D eigenvalue weighted by Crippen LogP contribution is -2.58. The minimum atomic E-state index is -1.35. The molecule has 3 amide bonds. The predicted molar refractivity (Wildman–Crippen MR) is 113 cm³/mol. The van der Waals surface area contributed by atoms with Crippen molar-refractivity contribution in [3.63, 3.8) is 0 Å². The molecular weight excluding hydrogens is 414 g/mol. The van der Waals surface area contributed by atoms with Gasteiger partial charge in [-0.05, 0) is 38.2 Å².